The second kappa shape index (κ2) is 5.92. The Morgan fingerprint density at radius 3 is 2.70 bits per heavy atom. The van der Waals surface area contributed by atoms with E-state index in [9.17, 15) is 14.7 Å². The molecule has 1 amide bonds. The summed E-state index contributed by atoms with van der Waals surface area (Å²) in [6.07, 6.45) is 1.78. The van der Waals surface area contributed by atoms with E-state index in [1.54, 1.807) is 11.0 Å². The first-order valence-corrected chi connectivity index (χ1v) is 7.94. The van der Waals surface area contributed by atoms with Crippen molar-refractivity contribution < 1.29 is 14.7 Å². The Morgan fingerprint density at radius 2 is 2.20 bits per heavy atom. The lowest BCUT2D eigenvalue weighted by molar-refractivity contribution is -0.152. The van der Waals surface area contributed by atoms with Crippen LogP contribution >= 0.6 is 34.5 Å². The monoisotopic (exact) mass is 335 g/mol. The zero-order valence-electron chi connectivity index (χ0n) is 11.0. The molecule has 1 saturated heterocycles. The van der Waals surface area contributed by atoms with Gasteiger partial charge in [-0.3, -0.25) is 9.59 Å². The number of carbonyl (C=O) groups excluding carboxylic acids is 1. The normalized spacial score (nSPS) is 22.9. The number of hydrogen-bond donors (Lipinski definition) is 1. The van der Waals surface area contributed by atoms with Crippen LogP contribution in [-0.2, 0) is 4.79 Å². The zero-order chi connectivity index (χ0) is 14.9. The Labute approximate surface area is 131 Å². The molecule has 0 spiro atoms. The van der Waals surface area contributed by atoms with Crippen molar-refractivity contribution in [2.45, 2.75) is 26.2 Å². The highest BCUT2D eigenvalue weighted by atomic mass is 35.5. The highest BCUT2D eigenvalue weighted by Crippen LogP contribution is 2.36. The molecule has 1 aliphatic heterocycles. The lowest BCUT2D eigenvalue weighted by Crippen LogP contribution is -2.49. The van der Waals surface area contributed by atoms with Crippen LogP contribution < -0.4 is 0 Å². The van der Waals surface area contributed by atoms with Gasteiger partial charge in [0.15, 0.2) is 0 Å². The molecular weight excluding hydrogens is 321 g/mol. The molecule has 1 atom stereocenters. The third kappa shape index (κ3) is 2.80. The summed E-state index contributed by atoms with van der Waals surface area (Å²) in [7, 11) is 0. The maximum atomic E-state index is 12.5. The number of carbonyl (C=O) groups is 2. The summed E-state index contributed by atoms with van der Waals surface area (Å²) in [5, 5.41) is 9.43. The van der Waals surface area contributed by atoms with Crippen molar-refractivity contribution in [1.82, 2.24) is 4.90 Å². The maximum Gasteiger partial charge on any atom is 0.311 e. The molecule has 110 valence electrons. The zero-order valence-corrected chi connectivity index (χ0v) is 13.3. The lowest BCUT2D eigenvalue weighted by Gasteiger charge is -2.39. The fourth-order valence-corrected chi connectivity index (χ4v) is 4.02. The van der Waals surface area contributed by atoms with Gasteiger partial charge in [0.1, 0.15) is 4.34 Å². The number of halogens is 2. The number of nitrogens with zero attached hydrogens (tertiary/aromatic N) is 1. The highest BCUT2D eigenvalue weighted by molar-refractivity contribution is 7.20. The Hall–Kier alpha value is -0.780. The second-order valence-corrected chi connectivity index (χ2v) is 7.29. The highest BCUT2D eigenvalue weighted by Gasteiger charge is 2.42. The summed E-state index contributed by atoms with van der Waals surface area (Å²) in [5.41, 5.74) is -0.487. The number of aliphatic carboxylic acids is 1. The number of rotatable bonds is 3. The predicted octanol–water partition coefficient (Wildman–Crippen LogP) is 3.77. The standard InChI is InChI=1S/C13H15Cl2NO3S/c1-2-13(12(18)19)4-3-5-16(7-13)11(17)8-6-9(14)20-10(8)15/h6H,2-5,7H2,1H3,(H,18,19). The molecule has 1 aromatic rings. The Bertz CT molecular complexity index is 546. The van der Waals surface area contributed by atoms with Crippen LogP contribution in [0.3, 0.4) is 0 Å². The van der Waals surface area contributed by atoms with E-state index in [1.165, 1.54) is 0 Å². The van der Waals surface area contributed by atoms with Gasteiger partial charge in [0, 0.05) is 13.1 Å². The topological polar surface area (TPSA) is 57.6 Å². The average molecular weight is 336 g/mol. The van der Waals surface area contributed by atoms with Gasteiger partial charge >= 0.3 is 5.97 Å². The molecule has 1 N–H and O–H groups in total. The first-order valence-electron chi connectivity index (χ1n) is 6.37. The molecule has 7 heteroatoms. The summed E-state index contributed by atoms with van der Waals surface area (Å²) in [4.78, 5) is 25.5. The minimum atomic E-state index is -0.847. The first-order chi connectivity index (χ1) is 9.39. The number of carboxylic acids is 1. The van der Waals surface area contributed by atoms with Crippen LogP contribution in [0.1, 0.15) is 36.5 Å². The van der Waals surface area contributed by atoms with Crippen molar-refractivity contribution in [1.29, 1.82) is 0 Å². The summed E-state index contributed by atoms with van der Waals surface area (Å²) in [6, 6.07) is 1.54. The Balaban J connectivity index is 2.23. The molecule has 2 heterocycles. The van der Waals surface area contributed by atoms with E-state index in [-0.39, 0.29) is 12.5 Å². The van der Waals surface area contributed by atoms with Crippen molar-refractivity contribution >= 4 is 46.4 Å². The average Bonchev–Trinajstić information content (AvgIpc) is 2.76. The Kier molecular flexibility index (Phi) is 4.62. The Morgan fingerprint density at radius 1 is 1.50 bits per heavy atom. The minimum Gasteiger partial charge on any atom is -0.481 e. The second-order valence-electron chi connectivity index (χ2n) is 5.01. The molecule has 0 bridgehead atoms. The van der Waals surface area contributed by atoms with E-state index in [1.807, 2.05) is 6.92 Å². The number of amides is 1. The van der Waals surface area contributed by atoms with E-state index < -0.39 is 11.4 Å². The SMILES string of the molecule is CCC1(C(=O)O)CCCN(C(=O)c2cc(Cl)sc2Cl)C1. The summed E-state index contributed by atoms with van der Waals surface area (Å²) >= 11 is 13.0. The van der Waals surface area contributed by atoms with Gasteiger partial charge in [0.05, 0.1) is 15.3 Å². The van der Waals surface area contributed by atoms with Crippen molar-refractivity contribution in [3.05, 3.63) is 20.3 Å². The van der Waals surface area contributed by atoms with Crippen LogP contribution in [0.25, 0.3) is 0 Å². The van der Waals surface area contributed by atoms with E-state index in [2.05, 4.69) is 0 Å². The smallest absolute Gasteiger partial charge is 0.311 e. The number of thiophene rings is 1. The number of carboxylic acid groups (broad SMARTS) is 1. The molecule has 20 heavy (non-hydrogen) atoms. The van der Waals surface area contributed by atoms with Crippen molar-refractivity contribution in [3.8, 4) is 0 Å². The fourth-order valence-electron chi connectivity index (χ4n) is 2.58. The van der Waals surface area contributed by atoms with Gasteiger partial charge in [-0.1, -0.05) is 30.1 Å². The molecule has 4 nitrogen and oxygen atoms in total. The van der Waals surface area contributed by atoms with E-state index >= 15 is 0 Å². The minimum absolute atomic E-state index is 0.224. The number of piperidine rings is 1. The van der Waals surface area contributed by atoms with Gasteiger partial charge in [-0.15, -0.1) is 11.3 Å². The largest absolute Gasteiger partial charge is 0.481 e. The van der Waals surface area contributed by atoms with Gasteiger partial charge in [-0.25, -0.2) is 0 Å². The molecular formula is C13H15Cl2NO3S. The van der Waals surface area contributed by atoms with Crippen molar-refractivity contribution in [3.63, 3.8) is 0 Å². The van der Waals surface area contributed by atoms with Gasteiger partial charge in [-0.2, -0.15) is 0 Å². The van der Waals surface area contributed by atoms with Gasteiger partial charge < -0.3 is 10.0 Å². The summed E-state index contributed by atoms with van der Waals surface area (Å²) < 4.78 is 0.804. The van der Waals surface area contributed by atoms with Crippen molar-refractivity contribution in [2.24, 2.45) is 5.41 Å². The first kappa shape index (κ1) is 15.6. The van der Waals surface area contributed by atoms with Crippen LogP contribution in [0, 0.1) is 5.41 Å². The van der Waals surface area contributed by atoms with Crippen LogP contribution in [-0.4, -0.2) is 35.0 Å². The van der Waals surface area contributed by atoms with Crippen LogP contribution in [0.15, 0.2) is 6.07 Å². The molecule has 1 aromatic heterocycles. The molecule has 2 rings (SSSR count). The van der Waals surface area contributed by atoms with Crippen LogP contribution in [0.4, 0.5) is 0 Å². The van der Waals surface area contributed by atoms with Crippen LogP contribution in [0.2, 0.25) is 8.67 Å². The molecule has 0 aliphatic carbocycles. The molecule has 1 unspecified atom stereocenters. The molecule has 0 saturated carbocycles. The number of likely N-dealkylation sites (tertiary alicyclic amines) is 1. The summed E-state index contributed by atoms with van der Waals surface area (Å²) in [6.45, 7) is 2.62. The predicted molar refractivity (Wildman–Crippen MR) is 79.8 cm³/mol. The van der Waals surface area contributed by atoms with Gasteiger partial charge in [0.2, 0.25) is 0 Å². The summed E-state index contributed by atoms with van der Waals surface area (Å²) in [5.74, 6) is -1.08. The van der Waals surface area contributed by atoms with E-state index in [0.717, 1.165) is 11.3 Å². The molecule has 0 aromatic carbocycles. The van der Waals surface area contributed by atoms with Gasteiger partial charge in [-0.05, 0) is 25.3 Å². The van der Waals surface area contributed by atoms with Crippen molar-refractivity contribution in [2.75, 3.05) is 13.1 Å². The lowest BCUT2D eigenvalue weighted by atomic mass is 9.77. The molecule has 1 fully saturated rings. The third-order valence-corrected chi connectivity index (χ3v) is 5.37. The van der Waals surface area contributed by atoms with E-state index in [4.69, 9.17) is 23.2 Å². The third-order valence-electron chi connectivity index (χ3n) is 3.88. The maximum absolute atomic E-state index is 12.5. The number of hydrogen-bond acceptors (Lipinski definition) is 3. The van der Waals surface area contributed by atoms with Gasteiger partial charge in [0.25, 0.3) is 5.91 Å². The molecule has 1 aliphatic rings. The van der Waals surface area contributed by atoms with Crippen LogP contribution in [0.5, 0.6) is 0 Å². The fraction of sp³-hybridized carbons (Fsp3) is 0.538. The quantitative estimate of drug-likeness (QED) is 0.914. The molecule has 0 radical (unpaired) electrons. The van der Waals surface area contributed by atoms with E-state index in [0.29, 0.717) is 40.0 Å².